The molecule has 1 aliphatic heterocycles. The van der Waals surface area contributed by atoms with E-state index in [0.29, 0.717) is 38.3 Å². The van der Waals surface area contributed by atoms with Crippen LogP contribution in [0.25, 0.3) is 0 Å². The second-order valence-electron chi connectivity index (χ2n) is 7.65. The first-order valence-corrected chi connectivity index (χ1v) is 10.4. The van der Waals surface area contributed by atoms with Crippen LogP contribution >= 0.6 is 0 Å². The highest BCUT2D eigenvalue weighted by Gasteiger charge is 2.26. The fourth-order valence-electron chi connectivity index (χ4n) is 3.61. The summed E-state index contributed by atoms with van der Waals surface area (Å²) in [6.45, 7) is 6.43. The largest absolute Gasteiger partial charge is 0.497 e. The van der Waals surface area contributed by atoms with E-state index in [9.17, 15) is 9.59 Å². The molecule has 0 spiro atoms. The Balaban J connectivity index is 1.53. The van der Waals surface area contributed by atoms with Crippen LogP contribution in [0.4, 0.5) is 0 Å². The number of aryl methyl sites for hydroxylation is 1. The third kappa shape index (κ3) is 5.60. The molecule has 160 valence electrons. The molecule has 0 N–H and O–H groups in total. The molecule has 6 nitrogen and oxygen atoms in total. The number of amides is 2. The van der Waals surface area contributed by atoms with Gasteiger partial charge in [0.25, 0.3) is 11.8 Å². The van der Waals surface area contributed by atoms with E-state index in [1.165, 1.54) is 0 Å². The predicted molar refractivity (Wildman–Crippen MR) is 116 cm³/mol. The van der Waals surface area contributed by atoms with Crippen LogP contribution in [0.2, 0.25) is 0 Å². The van der Waals surface area contributed by atoms with Crippen molar-refractivity contribution in [3.8, 4) is 5.75 Å². The maximum Gasteiger partial charge on any atom is 0.253 e. The molecule has 1 atom stereocenters. The van der Waals surface area contributed by atoms with Gasteiger partial charge in [-0.3, -0.25) is 9.59 Å². The van der Waals surface area contributed by atoms with E-state index < -0.39 is 6.10 Å². The van der Waals surface area contributed by atoms with E-state index in [4.69, 9.17) is 9.47 Å². The van der Waals surface area contributed by atoms with Gasteiger partial charge in [0.05, 0.1) is 13.7 Å². The smallest absolute Gasteiger partial charge is 0.253 e. The Morgan fingerprint density at radius 2 is 1.73 bits per heavy atom. The molecule has 3 rings (SSSR count). The topological polar surface area (TPSA) is 59.1 Å². The standard InChI is InChI=1S/C24H30N2O4/c1-18-7-4-9-21(15-18)24(28)26-12-6-11-25(13-14-26)23(27)19(2)30-17-20-8-5-10-22(16-20)29-3/h4-5,7-10,15-16,19H,6,11-14,17H2,1-3H3. The van der Waals surface area contributed by atoms with Crippen LogP contribution < -0.4 is 4.74 Å². The van der Waals surface area contributed by atoms with Gasteiger partial charge in [0.1, 0.15) is 11.9 Å². The van der Waals surface area contributed by atoms with Gasteiger partial charge in [-0.05, 0) is 50.1 Å². The maximum absolute atomic E-state index is 12.9. The minimum atomic E-state index is -0.546. The van der Waals surface area contributed by atoms with Crippen molar-refractivity contribution < 1.29 is 19.1 Å². The second-order valence-corrected chi connectivity index (χ2v) is 7.65. The van der Waals surface area contributed by atoms with Crippen molar-refractivity contribution in [2.75, 3.05) is 33.3 Å². The van der Waals surface area contributed by atoms with Crippen LogP contribution in [0, 0.1) is 6.92 Å². The lowest BCUT2D eigenvalue weighted by atomic mass is 10.1. The molecule has 6 heteroatoms. The quantitative estimate of drug-likeness (QED) is 0.733. The molecule has 1 saturated heterocycles. The molecule has 1 aliphatic rings. The third-order valence-corrected chi connectivity index (χ3v) is 5.34. The highest BCUT2D eigenvalue weighted by atomic mass is 16.5. The summed E-state index contributed by atoms with van der Waals surface area (Å²) in [7, 11) is 1.62. The van der Waals surface area contributed by atoms with Crippen LogP contribution in [0.1, 0.15) is 34.8 Å². The van der Waals surface area contributed by atoms with Crippen LogP contribution in [0.5, 0.6) is 5.75 Å². The van der Waals surface area contributed by atoms with Gasteiger partial charge < -0.3 is 19.3 Å². The van der Waals surface area contributed by atoms with Gasteiger partial charge in [0.15, 0.2) is 0 Å². The van der Waals surface area contributed by atoms with Crippen molar-refractivity contribution in [1.82, 2.24) is 9.80 Å². The minimum absolute atomic E-state index is 0.0234. The number of carbonyl (C=O) groups excluding carboxylic acids is 2. The zero-order chi connectivity index (χ0) is 21.5. The van der Waals surface area contributed by atoms with E-state index in [1.807, 2.05) is 60.4 Å². The Labute approximate surface area is 178 Å². The monoisotopic (exact) mass is 410 g/mol. The van der Waals surface area contributed by atoms with Crippen molar-refractivity contribution in [2.45, 2.75) is 33.0 Å². The van der Waals surface area contributed by atoms with Gasteiger partial charge >= 0.3 is 0 Å². The van der Waals surface area contributed by atoms with Crippen molar-refractivity contribution in [3.63, 3.8) is 0 Å². The zero-order valence-corrected chi connectivity index (χ0v) is 18.0. The SMILES string of the molecule is COc1cccc(COC(C)C(=O)N2CCCN(C(=O)c3cccc(C)c3)CC2)c1. The number of hydrogen-bond donors (Lipinski definition) is 0. The number of hydrogen-bond acceptors (Lipinski definition) is 4. The highest BCUT2D eigenvalue weighted by molar-refractivity contribution is 5.94. The minimum Gasteiger partial charge on any atom is -0.497 e. The van der Waals surface area contributed by atoms with Crippen molar-refractivity contribution in [1.29, 1.82) is 0 Å². The normalized spacial score (nSPS) is 15.4. The molecule has 2 amide bonds. The Kier molecular flexibility index (Phi) is 7.46. The molecule has 0 radical (unpaired) electrons. The number of rotatable bonds is 6. The van der Waals surface area contributed by atoms with E-state index >= 15 is 0 Å². The molecule has 1 fully saturated rings. The predicted octanol–water partition coefficient (Wildman–Crippen LogP) is 3.28. The summed E-state index contributed by atoms with van der Waals surface area (Å²) in [6, 6.07) is 15.3. The van der Waals surface area contributed by atoms with Crippen LogP contribution in [-0.2, 0) is 16.1 Å². The number of carbonyl (C=O) groups is 2. The van der Waals surface area contributed by atoms with Gasteiger partial charge in [0.2, 0.25) is 0 Å². The van der Waals surface area contributed by atoms with Crippen LogP contribution in [0.3, 0.4) is 0 Å². The lowest BCUT2D eigenvalue weighted by Crippen LogP contribution is -2.42. The van der Waals surface area contributed by atoms with Gasteiger partial charge in [-0.15, -0.1) is 0 Å². The number of methoxy groups -OCH3 is 1. The van der Waals surface area contributed by atoms with E-state index in [0.717, 1.165) is 23.3 Å². The fourth-order valence-corrected chi connectivity index (χ4v) is 3.61. The molecule has 2 aromatic rings. The zero-order valence-electron chi connectivity index (χ0n) is 18.0. The Morgan fingerprint density at radius 3 is 2.50 bits per heavy atom. The number of nitrogens with zero attached hydrogens (tertiary/aromatic N) is 2. The summed E-state index contributed by atoms with van der Waals surface area (Å²) >= 11 is 0. The van der Waals surface area contributed by atoms with Crippen molar-refractivity contribution in [2.24, 2.45) is 0 Å². The number of ether oxygens (including phenoxy) is 2. The summed E-state index contributed by atoms with van der Waals surface area (Å²) in [6.07, 6.45) is 0.210. The third-order valence-electron chi connectivity index (χ3n) is 5.34. The van der Waals surface area contributed by atoms with E-state index in [1.54, 1.807) is 18.9 Å². The van der Waals surface area contributed by atoms with Gasteiger partial charge in [-0.2, -0.15) is 0 Å². The van der Waals surface area contributed by atoms with Crippen molar-refractivity contribution in [3.05, 3.63) is 65.2 Å². The molecular weight excluding hydrogens is 380 g/mol. The summed E-state index contributed by atoms with van der Waals surface area (Å²) in [5.41, 5.74) is 2.72. The molecule has 1 heterocycles. The van der Waals surface area contributed by atoms with Gasteiger partial charge in [-0.25, -0.2) is 0 Å². The van der Waals surface area contributed by atoms with Gasteiger partial charge in [0, 0.05) is 31.7 Å². The first-order valence-electron chi connectivity index (χ1n) is 10.4. The number of benzene rings is 2. The van der Waals surface area contributed by atoms with Crippen LogP contribution in [0.15, 0.2) is 48.5 Å². The molecule has 0 saturated carbocycles. The molecular formula is C24H30N2O4. The molecule has 0 bridgehead atoms. The van der Waals surface area contributed by atoms with E-state index in [2.05, 4.69) is 0 Å². The first kappa shape index (κ1) is 21.8. The molecule has 0 aromatic heterocycles. The maximum atomic E-state index is 12.9. The second kappa shape index (κ2) is 10.3. The summed E-state index contributed by atoms with van der Waals surface area (Å²) in [4.78, 5) is 29.3. The van der Waals surface area contributed by atoms with E-state index in [-0.39, 0.29) is 11.8 Å². The highest BCUT2D eigenvalue weighted by Crippen LogP contribution is 2.15. The molecule has 0 aliphatic carbocycles. The summed E-state index contributed by atoms with van der Waals surface area (Å²) < 4.78 is 11.0. The molecule has 30 heavy (non-hydrogen) atoms. The average Bonchev–Trinajstić information content (AvgIpc) is 3.03. The van der Waals surface area contributed by atoms with Gasteiger partial charge in [-0.1, -0.05) is 29.8 Å². The summed E-state index contributed by atoms with van der Waals surface area (Å²) in [5, 5.41) is 0. The summed E-state index contributed by atoms with van der Waals surface area (Å²) in [5.74, 6) is 0.749. The first-order chi connectivity index (χ1) is 14.5. The average molecular weight is 411 g/mol. The van der Waals surface area contributed by atoms with Crippen LogP contribution in [-0.4, -0.2) is 61.0 Å². The molecule has 2 aromatic carbocycles. The Bertz CT molecular complexity index is 883. The lowest BCUT2D eigenvalue weighted by molar-refractivity contribution is -0.143. The fraction of sp³-hybridized carbons (Fsp3) is 0.417. The van der Waals surface area contributed by atoms with Crippen molar-refractivity contribution >= 4 is 11.8 Å². The lowest BCUT2D eigenvalue weighted by Gasteiger charge is -2.25. The Morgan fingerprint density at radius 1 is 1.00 bits per heavy atom. The molecule has 1 unspecified atom stereocenters. The Hall–Kier alpha value is -2.86.